The quantitative estimate of drug-likeness (QED) is 0.0726. The van der Waals surface area contributed by atoms with Crippen molar-refractivity contribution in [3.63, 3.8) is 0 Å². The fourth-order valence-electron chi connectivity index (χ4n) is 12.1. The summed E-state index contributed by atoms with van der Waals surface area (Å²) in [5, 5.41) is 18.1. The Morgan fingerprint density at radius 2 is 1.01 bits per heavy atom. The normalized spacial score (nSPS) is 15.1. The Kier molecular flexibility index (Phi) is 20.0. The monoisotopic (exact) mass is 1270 g/mol. The van der Waals surface area contributed by atoms with E-state index in [2.05, 4.69) is 15.1 Å². The molecule has 10 aromatic rings. The maximum atomic E-state index is 14.7. The number of nitrogens with zero attached hydrogens (tertiary/aromatic N) is 8. The van der Waals surface area contributed by atoms with Crippen LogP contribution in [-0.4, -0.2) is 103 Å². The number of amides is 1. The summed E-state index contributed by atoms with van der Waals surface area (Å²) in [5.41, 5.74) is 11.0. The van der Waals surface area contributed by atoms with Gasteiger partial charge >= 0.3 is 18.0 Å². The van der Waals surface area contributed by atoms with Gasteiger partial charge in [0.05, 0.1) is 38.7 Å². The van der Waals surface area contributed by atoms with Crippen LogP contribution in [0.5, 0.6) is 0 Å². The number of benzene rings is 6. The van der Waals surface area contributed by atoms with Crippen molar-refractivity contribution in [1.82, 2.24) is 33.7 Å². The van der Waals surface area contributed by atoms with Gasteiger partial charge in [0, 0.05) is 72.3 Å². The molecule has 4 aromatic heterocycles. The van der Waals surface area contributed by atoms with E-state index >= 15 is 0 Å². The van der Waals surface area contributed by atoms with Gasteiger partial charge in [-0.2, -0.15) is 0 Å². The summed E-state index contributed by atoms with van der Waals surface area (Å²) < 4.78 is 22.4. The van der Waals surface area contributed by atoms with Crippen LogP contribution in [0, 0.1) is 0 Å². The fourth-order valence-corrected chi connectivity index (χ4v) is 12.5. The smallest absolute Gasteiger partial charge is 0.407 e. The molecule has 2 aliphatic heterocycles. The number of esters is 2. The SMILES string of the molecule is CCOC(=O)c1cn2nc(N3CCC[C@@H](N)C3)c(Cc3ccccc3Cl)c2c(=O)n1Cc1cccc2ccccc12.CCOC(=O)c1cn2nc(N3CCC[C@@H](NC(=O)OC(C)(C)C)C3)c(Cc3ccccc3Cl)c2c(=O)n1Cc1cccc2ccccc12.Cl. The number of carbonyl (C=O) groups is 3. The minimum atomic E-state index is -0.620. The average Bonchev–Trinajstić information content (AvgIpc) is 2.12. The van der Waals surface area contributed by atoms with Gasteiger partial charge in [0.1, 0.15) is 28.0 Å². The molecule has 0 aliphatic carbocycles. The molecule has 90 heavy (non-hydrogen) atoms. The number of nitrogens with one attached hydrogen (secondary N) is 1. The van der Waals surface area contributed by atoms with Gasteiger partial charge in [0.2, 0.25) is 0 Å². The summed E-state index contributed by atoms with van der Waals surface area (Å²) in [6.07, 6.45) is 6.90. The summed E-state index contributed by atoms with van der Waals surface area (Å²) in [6.45, 7) is 12.2. The lowest BCUT2D eigenvalue weighted by Gasteiger charge is -2.34. The van der Waals surface area contributed by atoms with Crippen LogP contribution >= 0.6 is 35.6 Å². The Bertz CT molecular complexity index is 4410. The molecule has 0 bridgehead atoms. The molecule has 6 heterocycles. The van der Waals surface area contributed by atoms with E-state index in [-0.39, 0.29) is 73.3 Å². The van der Waals surface area contributed by atoms with E-state index in [1.807, 2.05) is 154 Å². The van der Waals surface area contributed by atoms with E-state index in [4.69, 9.17) is 53.3 Å². The minimum Gasteiger partial charge on any atom is -0.461 e. The summed E-state index contributed by atoms with van der Waals surface area (Å²) >= 11 is 13.2. The zero-order valence-electron chi connectivity index (χ0n) is 51.0. The highest BCUT2D eigenvalue weighted by molar-refractivity contribution is 6.31. The number of alkyl carbamates (subject to hydrolysis) is 1. The second-order valence-electron chi connectivity index (χ2n) is 23.5. The molecule has 2 atom stereocenters. The number of rotatable bonds is 15. The number of hydrogen-bond acceptors (Lipinski definition) is 13. The molecule has 0 radical (unpaired) electrons. The van der Waals surface area contributed by atoms with E-state index in [9.17, 15) is 24.0 Å². The summed E-state index contributed by atoms with van der Waals surface area (Å²) in [7, 11) is 0. The molecular formula is C69H73Cl3N10O8. The molecule has 0 unspecified atom stereocenters. The highest BCUT2D eigenvalue weighted by Gasteiger charge is 2.32. The third-order valence-electron chi connectivity index (χ3n) is 16.2. The number of ether oxygens (including phenoxy) is 3. The third-order valence-corrected chi connectivity index (χ3v) is 16.9. The number of hydrogen-bond donors (Lipinski definition) is 2. The van der Waals surface area contributed by atoms with Gasteiger partial charge in [0.25, 0.3) is 11.1 Å². The Morgan fingerprint density at radius 1 is 0.589 bits per heavy atom. The summed E-state index contributed by atoms with van der Waals surface area (Å²) in [6, 6.07) is 42.8. The molecule has 6 aromatic carbocycles. The van der Waals surface area contributed by atoms with E-state index < -0.39 is 23.6 Å². The van der Waals surface area contributed by atoms with Crippen LogP contribution in [0.25, 0.3) is 32.6 Å². The van der Waals surface area contributed by atoms with Crippen LogP contribution in [0.1, 0.15) is 115 Å². The lowest BCUT2D eigenvalue weighted by molar-refractivity contribution is 0.0492. The number of carbonyl (C=O) groups excluding carboxylic acids is 3. The zero-order chi connectivity index (χ0) is 62.5. The molecule has 12 rings (SSSR count). The average molecular weight is 1280 g/mol. The molecule has 2 saturated heterocycles. The van der Waals surface area contributed by atoms with Gasteiger partial charge in [0.15, 0.2) is 11.6 Å². The van der Waals surface area contributed by atoms with Crippen LogP contribution in [0.4, 0.5) is 16.4 Å². The van der Waals surface area contributed by atoms with E-state index in [1.54, 1.807) is 26.2 Å². The highest BCUT2D eigenvalue weighted by atomic mass is 35.5. The van der Waals surface area contributed by atoms with Crippen LogP contribution in [-0.2, 0) is 40.1 Å². The fraction of sp³-hybridized carbons (Fsp3) is 0.319. The summed E-state index contributed by atoms with van der Waals surface area (Å²) in [4.78, 5) is 72.7. The first-order valence-corrected chi connectivity index (χ1v) is 31.0. The zero-order valence-corrected chi connectivity index (χ0v) is 53.3. The third kappa shape index (κ3) is 14.0. The van der Waals surface area contributed by atoms with Crippen molar-refractivity contribution in [3.8, 4) is 0 Å². The van der Waals surface area contributed by atoms with Crippen molar-refractivity contribution < 1.29 is 28.6 Å². The van der Waals surface area contributed by atoms with Gasteiger partial charge in [-0.3, -0.25) is 18.7 Å². The Balaban J connectivity index is 0.000000198. The molecule has 468 valence electrons. The molecule has 0 saturated carbocycles. The second-order valence-corrected chi connectivity index (χ2v) is 24.3. The number of nitrogens with two attached hydrogens (primary N) is 1. The molecule has 18 nitrogen and oxygen atoms in total. The van der Waals surface area contributed by atoms with Crippen LogP contribution in [0.15, 0.2) is 155 Å². The molecule has 2 fully saturated rings. The predicted molar refractivity (Wildman–Crippen MR) is 357 cm³/mol. The van der Waals surface area contributed by atoms with Crippen molar-refractivity contribution in [1.29, 1.82) is 0 Å². The van der Waals surface area contributed by atoms with Gasteiger partial charge in [-0.05, 0) is 116 Å². The number of fused-ring (bicyclic) bond motifs is 4. The summed E-state index contributed by atoms with van der Waals surface area (Å²) in [5.74, 6) is 0.104. The standard InChI is InChI=1S/C37H40ClN5O5.C32H32ClN5O3.ClH/c1-5-47-35(45)31-23-43-32(34(44)42(31)21-26-15-10-14-24-12-6-8-17-28(24)26)29(20-25-13-7-9-18-30(25)38)33(40-43)41-19-11-16-27(22-41)39-36(46)48-37(2,3)4;1-2-41-32(40)28-20-38-29(31(39)37(28)18-23-12-7-11-21-9-3-5-14-25(21)23)26(17-22-10-4-6-15-27(22)33)30(35-38)36-16-8-13-24(34)19-36;/h6-10,12-15,17-18,23,27H,5,11,16,19-22H2,1-4H3,(H,39,46);3-7,9-12,14-15,20,24H,2,8,13,16-19,34H2,1H3;1H/t27-;24-;/m11./s1. The molecule has 3 N–H and O–H groups in total. The molecule has 0 spiro atoms. The first kappa shape index (κ1) is 64.3. The van der Waals surface area contributed by atoms with Crippen molar-refractivity contribution >= 4 is 97.9 Å². The van der Waals surface area contributed by atoms with Gasteiger partial charge in [-0.15, -0.1) is 22.6 Å². The largest absolute Gasteiger partial charge is 0.461 e. The minimum absolute atomic E-state index is 0. The number of aromatic nitrogens is 6. The maximum absolute atomic E-state index is 14.7. The Morgan fingerprint density at radius 3 is 1.47 bits per heavy atom. The van der Waals surface area contributed by atoms with Crippen LogP contribution < -0.4 is 32.0 Å². The van der Waals surface area contributed by atoms with E-state index in [0.29, 0.717) is 70.8 Å². The lowest BCUT2D eigenvalue weighted by atomic mass is 10.0. The topological polar surface area (TPSA) is 202 Å². The number of piperidine rings is 2. The van der Waals surface area contributed by atoms with Crippen molar-refractivity contribution in [2.75, 3.05) is 49.2 Å². The molecular weight excluding hydrogens is 1200 g/mol. The Hall–Kier alpha value is -8.68. The first-order chi connectivity index (χ1) is 43.0. The van der Waals surface area contributed by atoms with Crippen molar-refractivity contribution in [3.05, 3.63) is 221 Å². The van der Waals surface area contributed by atoms with E-state index in [0.717, 1.165) is 81.6 Å². The first-order valence-electron chi connectivity index (χ1n) is 30.3. The van der Waals surface area contributed by atoms with Gasteiger partial charge in [-0.25, -0.2) is 23.4 Å². The van der Waals surface area contributed by atoms with Crippen LogP contribution in [0.2, 0.25) is 10.0 Å². The molecule has 2 aliphatic rings. The molecule has 21 heteroatoms. The second kappa shape index (κ2) is 28.0. The van der Waals surface area contributed by atoms with Crippen molar-refractivity contribution in [2.45, 2.75) is 104 Å². The molecule has 1 amide bonds. The van der Waals surface area contributed by atoms with Crippen molar-refractivity contribution in [2.24, 2.45) is 5.73 Å². The predicted octanol–water partition coefficient (Wildman–Crippen LogP) is 12.1. The highest BCUT2D eigenvalue weighted by Crippen LogP contribution is 2.33. The van der Waals surface area contributed by atoms with Crippen LogP contribution in [0.3, 0.4) is 0 Å². The van der Waals surface area contributed by atoms with Gasteiger partial charge < -0.3 is 35.1 Å². The van der Waals surface area contributed by atoms with Gasteiger partial charge in [-0.1, -0.05) is 145 Å². The number of halogens is 3. The lowest BCUT2D eigenvalue weighted by Crippen LogP contribution is -2.49. The Labute approximate surface area is 537 Å². The maximum Gasteiger partial charge on any atom is 0.407 e. The number of anilines is 2. The van der Waals surface area contributed by atoms with E-state index in [1.165, 1.54) is 18.2 Å².